The maximum absolute atomic E-state index is 5.32. The quantitative estimate of drug-likeness (QED) is 0.571. The summed E-state index contributed by atoms with van der Waals surface area (Å²) >= 11 is 1.80. The van der Waals surface area contributed by atoms with Crippen LogP contribution in [0.5, 0.6) is 5.75 Å². The van der Waals surface area contributed by atoms with E-state index >= 15 is 0 Å². The molecule has 2 aromatic carbocycles. The maximum Gasteiger partial charge on any atom is 0.131 e. The maximum atomic E-state index is 5.32. The fourth-order valence-corrected chi connectivity index (χ4v) is 3.16. The van der Waals surface area contributed by atoms with Crippen LogP contribution < -0.4 is 4.52 Å². The first kappa shape index (κ1) is 9.14. The Morgan fingerprint density at radius 1 is 0.933 bits per heavy atom. The Morgan fingerprint density at radius 2 is 1.73 bits per heavy atom. The van der Waals surface area contributed by atoms with Crippen LogP contribution in [0.1, 0.15) is 0 Å². The average molecular weight is 232 g/mol. The Labute approximate surface area is 94.0 Å². The van der Waals surface area contributed by atoms with Gasteiger partial charge < -0.3 is 4.52 Å². The number of benzene rings is 2. The van der Waals surface area contributed by atoms with Crippen molar-refractivity contribution in [1.82, 2.24) is 0 Å². The predicted octanol–water partition coefficient (Wildman–Crippen LogP) is 4.22. The van der Waals surface area contributed by atoms with Crippen LogP contribution in [0.2, 0.25) is 0 Å². The van der Waals surface area contributed by atoms with Crippen LogP contribution in [0, 0.1) is 0 Å². The van der Waals surface area contributed by atoms with Gasteiger partial charge in [-0.25, -0.2) is 0 Å². The van der Waals surface area contributed by atoms with Gasteiger partial charge in [0.25, 0.3) is 0 Å². The predicted molar refractivity (Wildman–Crippen MR) is 69.7 cm³/mol. The monoisotopic (exact) mass is 232 g/mol. The lowest BCUT2D eigenvalue weighted by molar-refractivity contribution is 0.655. The molecule has 1 nitrogen and oxygen atoms in total. The van der Waals surface area contributed by atoms with Crippen molar-refractivity contribution in [3.63, 3.8) is 0 Å². The zero-order valence-corrected chi connectivity index (χ0v) is 9.91. The minimum Gasteiger partial charge on any atom is -0.480 e. The van der Waals surface area contributed by atoms with Gasteiger partial charge in [0.15, 0.2) is 0 Å². The van der Waals surface area contributed by atoms with Gasteiger partial charge in [-0.3, -0.25) is 0 Å². The van der Waals surface area contributed by atoms with Crippen LogP contribution in [-0.2, 0) is 0 Å². The summed E-state index contributed by atoms with van der Waals surface area (Å²) in [5.41, 5.74) is 0. The summed E-state index contributed by atoms with van der Waals surface area (Å²) in [6.07, 6.45) is 0. The Kier molecular flexibility index (Phi) is 2.12. The standard InChI is InChI=1S/C12H9OPS/c14-13-9-5-3-7-11-12(9)8-4-1-2-6-10(8)15-11/h1-7H,14H2. The third kappa shape index (κ3) is 1.33. The lowest BCUT2D eigenvalue weighted by Crippen LogP contribution is -1.74. The molecule has 74 valence electrons. The van der Waals surface area contributed by atoms with Gasteiger partial charge in [0, 0.05) is 20.2 Å². The van der Waals surface area contributed by atoms with Crippen molar-refractivity contribution in [2.45, 2.75) is 0 Å². The molecule has 0 saturated heterocycles. The van der Waals surface area contributed by atoms with Gasteiger partial charge in [-0.2, -0.15) is 0 Å². The van der Waals surface area contributed by atoms with Crippen LogP contribution in [0.25, 0.3) is 20.2 Å². The SMILES string of the molecule is POc1cccc2sc3ccccc3c12. The van der Waals surface area contributed by atoms with Gasteiger partial charge in [-0.1, -0.05) is 24.3 Å². The molecule has 0 N–H and O–H groups in total. The average Bonchev–Trinajstić information content (AvgIpc) is 2.67. The van der Waals surface area contributed by atoms with Crippen molar-refractivity contribution < 1.29 is 4.52 Å². The van der Waals surface area contributed by atoms with Crippen molar-refractivity contribution in [2.75, 3.05) is 0 Å². The molecule has 1 atom stereocenters. The molecule has 3 aromatic rings. The van der Waals surface area contributed by atoms with E-state index in [9.17, 15) is 0 Å². The zero-order valence-electron chi connectivity index (χ0n) is 7.94. The Balaban J connectivity index is 2.56. The molecule has 1 unspecified atom stereocenters. The van der Waals surface area contributed by atoms with E-state index in [1.165, 1.54) is 20.2 Å². The van der Waals surface area contributed by atoms with E-state index in [2.05, 4.69) is 39.8 Å². The molecule has 0 aliphatic carbocycles. The number of rotatable bonds is 1. The van der Waals surface area contributed by atoms with E-state index in [4.69, 9.17) is 4.52 Å². The summed E-state index contributed by atoms with van der Waals surface area (Å²) in [6, 6.07) is 14.6. The second-order valence-electron chi connectivity index (χ2n) is 3.35. The fourth-order valence-electron chi connectivity index (χ4n) is 1.84. The smallest absolute Gasteiger partial charge is 0.131 e. The highest BCUT2D eigenvalue weighted by Crippen LogP contribution is 2.39. The summed E-state index contributed by atoms with van der Waals surface area (Å²) in [5.74, 6) is 0.926. The summed E-state index contributed by atoms with van der Waals surface area (Å²) in [5, 5.41) is 2.49. The van der Waals surface area contributed by atoms with Gasteiger partial charge in [-0.05, 0) is 18.2 Å². The molecule has 0 bridgehead atoms. The molecule has 1 aromatic heterocycles. The second-order valence-corrected chi connectivity index (χ2v) is 4.66. The minimum absolute atomic E-state index is 0.926. The topological polar surface area (TPSA) is 9.23 Å². The lowest BCUT2D eigenvalue weighted by atomic mass is 10.1. The number of hydrogen-bond donors (Lipinski definition) is 0. The molecule has 0 saturated carbocycles. The molecule has 0 aliphatic heterocycles. The molecule has 0 fully saturated rings. The summed E-state index contributed by atoms with van der Waals surface area (Å²) in [4.78, 5) is 0. The van der Waals surface area contributed by atoms with Crippen molar-refractivity contribution in [2.24, 2.45) is 0 Å². The minimum atomic E-state index is 0.926. The van der Waals surface area contributed by atoms with Crippen molar-refractivity contribution in [1.29, 1.82) is 0 Å². The molecule has 1 heterocycles. The van der Waals surface area contributed by atoms with E-state index in [1.807, 2.05) is 12.1 Å². The van der Waals surface area contributed by atoms with Crippen LogP contribution in [0.15, 0.2) is 42.5 Å². The first-order valence-electron chi connectivity index (χ1n) is 4.67. The van der Waals surface area contributed by atoms with Crippen LogP contribution in [-0.4, -0.2) is 0 Å². The third-order valence-electron chi connectivity index (χ3n) is 2.49. The number of hydrogen-bond acceptors (Lipinski definition) is 2. The summed E-state index contributed by atoms with van der Waals surface area (Å²) in [7, 11) is 2.31. The van der Waals surface area contributed by atoms with Gasteiger partial charge in [-0.15, -0.1) is 11.3 Å². The number of thiophene rings is 1. The number of fused-ring (bicyclic) bond motifs is 3. The highest BCUT2D eigenvalue weighted by Gasteiger charge is 2.08. The molecule has 15 heavy (non-hydrogen) atoms. The van der Waals surface area contributed by atoms with Crippen molar-refractivity contribution in [3.8, 4) is 5.75 Å². The Morgan fingerprint density at radius 3 is 2.60 bits per heavy atom. The van der Waals surface area contributed by atoms with E-state index in [0.717, 1.165) is 5.75 Å². The molecule has 0 amide bonds. The Hall–Kier alpha value is -1.11. The summed E-state index contributed by atoms with van der Waals surface area (Å²) in [6.45, 7) is 0. The lowest BCUT2D eigenvalue weighted by Gasteiger charge is -2.00. The zero-order chi connectivity index (χ0) is 10.3. The van der Waals surface area contributed by atoms with Crippen LogP contribution in [0.3, 0.4) is 0 Å². The largest absolute Gasteiger partial charge is 0.480 e. The first-order valence-corrected chi connectivity index (χ1v) is 5.96. The highest BCUT2D eigenvalue weighted by molar-refractivity contribution is 7.25. The van der Waals surface area contributed by atoms with Crippen LogP contribution >= 0.6 is 20.8 Å². The van der Waals surface area contributed by atoms with Gasteiger partial charge in [0.1, 0.15) is 5.75 Å². The molecular formula is C12H9OPS. The highest BCUT2D eigenvalue weighted by atomic mass is 32.1. The van der Waals surface area contributed by atoms with E-state index < -0.39 is 0 Å². The molecule has 3 rings (SSSR count). The van der Waals surface area contributed by atoms with Gasteiger partial charge in [0.05, 0.1) is 9.47 Å². The van der Waals surface area contributed by atoms with E-state index in [1.54, 1.807) is 11.3 Å². The molecular weight excluding hydrogens is 223 g/mol. The normalized spacial score (nSPS) is 11.0. The van der Waals surface area contributed by atoms with E-state index in [-0.39, 0.29) is 0 Å². The first-order chi connectivity index (χ1) is 7.40. The van der Waals surface area contributed by atoms with Crippen LogP contribution in [0.4, 0.5) is 0 Å². The fraction of sp³-hybridized carbons (Fsp3) is 0. The molecule has 0 radical (unpaired) electrons. The van der Waals surface area contributed by atoms with E-state index in [0.29, 0.717) is 0 Å². The summed E-state index contributed by atoms with van der Waals surface area (Å²) < 4.78 is 7.90. The molecule has 0 spiro atoms. The van der Waals surface area contributed by atoms with Gasteiger partial charge >= 0.3 is 0 Å². The molecule has 3 heteroatoms. The van der Waals surface area contributed by atoms with Gasteiger partial charge in [0.2, 0.25) is 0 Å². The Bertz CT molecular complexity index is 630. The molecule has 0 aliphatic rings. The third-order valence-corrected chi connectivity index (χ3v) is 3.88. The van der Waals surface area contributed by atoms with Crippen molar-refractivity contribution >= 4 is 41.0 Å². The van der Waals surface area contributed by atoms with Crippen molar-refractivity contribution in [3.05, 3.63) is 42.5 Å². The second kappa shape index (κ2) is 3.48.